The number of likely N-dealkylation sites (tertiary alicyclic amines) is 1. The summed E-state index contributed by atoms with van der Waals surface area (Å²) in [6, 6.07) is 8.26. The summed E-state index contributed by atoms with van der Waals surface area (Å²) in [6.07, 6.45) is 4.20. The average Bonchev–Trinajstić information content (AvgIpc) is 3.11. The van der Waals surface area contributed by atoms with Gasteiger partial charge in [0, 0.05) is 18.7 Å². The third-order valence-corrected chi connectivity index (χ3v) is 4.68. The summed E-state index contributed by atoms with van der Waals surface area (Å²) >= 11 is 0. The highest BCUT2D eigenvalue weighted by Crippen LogP contribution is 2.20. The molecule has 3 rings (SSSR count). The highest BCUT2D eigenvalue weighted by Gasteiger charge is 2.16. The molecule has 0 radical (unpaired) electrons. The van der Waals surface area contributed by atoms with Crippen molar-refractivity contribution in [1.29, 1.82) is 0 Å². The largest absolute Gasteiger partial charge is 0.351 e. The van der Waals surface area contributed by atoms with E-state index in [9.17, 15) is 4.79 Å². The number of tetrazole rings is 1. The molecule has 7 heteroatoms. The van der Waals surface area contributed by atoms with Gasteiger partial charge in [0.2, 0.25) is 11.7 Å². The second kappa shape index (κ2) is 8.71. The zero-order valence-corrected chi connectivity index (χ0v) is 15.3. The van der Waals surface area contributed by atoms with E-state index in [1.54, 1.807) is 6.08 Å². The number of carbonyl (C=O) groups excluding carboxylic acids is 1. The number of carbonyl (C=O) groups is 1. The summed E-state index contributed by atoms with van der Waals surface area (Å²) in [5.74, 6) is 1.21. The van der Waals surface area contributed by atoms with E-state index in [0.717, 1.165) is 18.0 Å². The standard InChI is InChI=1S/C19H26N6O/c1-3-10-20-18(26)14-25-22-19(21-23-25)17-6-4-16(5-7-17)13-24-11-8-15(2)9-12-24/h3-7,15H,1,8-14H2,2H3,(H,20,26). The molecule has 0 aliphatic carbocycles. The summed E-state index contributed by atoms with van der Waals surface area (Å²) in [6.45, 7) is 9.70. The summed E-state index contributed by atoms with van der Waals surface area (Å²) in [5, 5.41) is 15.0. The van der Waals surface area contributed by atoms with E-state index >= 15 is 0 Å². The molecule has 1 fully saturated rings. The van der Waals surface area contributed by atoms with Crippen LogP contribution < -0.4 is 5.32 Å². The molecule has 1 aliphatic rings. The number of nitrogens with zero attached hydrogens (tertiary/aromatic N) is 5. The number of piperidine rings is 1. The maximum atomic E-state index is 11.7. The van der Waals surface area contributed by atoms with Crippen molar-refractivity contribution in [2.24, 2.45) is 5.92 Å². The fourth-order valence-corrected chi connectivity index (χ4v) is 3.03. The molecule has 2 aromatic rings. The maximum absolute atomic E-state index is 11.7. The Morgan fingerprint density at radius 1 is 1.31 bits per heavy atom. The van der Waals surface area contributed by atoms with Crippen molar-refractivity contribution >= 4 is 5.91 Å². The third kappa shape index (κ3) is 4.98. The van der Waals surface area contributed by atoms with Crippen LogP contribution in [0.5, 0.6) is 0 Å². The van der Waals surface area contributed by atoms with Crippen LogP contribution in [-0.4, -0.2) is 50.6 Å². The number of benzene rings is 1. The number of hydrogen-bond donors (Lipinski definition) is 1. The van der Waals surface area contributed by atoms with Crippen LogP contribution in [0.15, 0.2) is 36.9 Å². The quantitative estimate of drug-likeness (QED) is 0.768. The molecule has 0 bridgehead atoms. The molecule has 0 saturated carbocycles. The van der Waals surface area contributed by atoms with E-state index < -0.39 is 0 Å². The maximum Gasteiger partial charge on any atom is 0.243 e. The Labute approximate surface area is 154 Å². The van der Waals surface area contributed by atoms with Gasteiger partial charge < -0.3 is 5.32 Å². The number of rotatable bonds is 7. The van der Waals surface area contributed by atoms with Crippen LogP contribution in [0.4, 0.5) is 0 Å². The average molecular weight is 354 g/mol. The minimum atomic E-state index is -0.167. The van der Waals surface area contributed by atoms with Crippen molar-refractivity contribution in [1.82, 2.24) is 30.4 Å². The van der Waals surface area contributed by atoms with E-state index in [1.165, 1.54) is 36.3 Å². The lowest BCUT2D eigenvalue weighted by molar-refractivity contribution is -0.121. The topological polar surface area (TPSA) is 75.9 Å². The molecule has 2 heterocycles. The number of hydrogen-bond acceptors (Lipinski definition) is 5. The Morgan fingerprint density at radius 2 is 2.04 bits per heavy atom. The molecular formula is C19H26N6O. The van der Waals surface area contributed by atoms with E-state index in [2.05, 4.69) is 51.3 Å². The lowest BCUT2D eigenvalue weighted by Gasteiger charge is -2.30. The lowest BCUT2D eigenvalue weighted by Crippen LogP contribution is -2.32. The van der Waals surface area contributed by atoms with Crippen molar-refractivity contribution in [2.45, 2.75) is 32.9 Å². The molecule has 0 atom stereocenters. The highest BCUT2D eigenvalue weighted by atomic mass is 16.2. The second-order valence-electron chi connectivity index (χ2n) is 6.89. The normalized spacial score (nSPS) is 15.7. The summed E-state index contributed by atoms with van der Waals surface area (Å²) < 4.78 is 0. The van der Waals surface area contributed by atoms with Gasteiger partial charge in [-0.3, -0.25) is 9.69 Å². The predicted octanol–water partition coefficient (Wildman–Crippen LogP) is 1.87. The molecule has 0 spiro atoms. The molecule has 138 valence electrons. The Balaban J connectivity index is 1.56. The molecule has 26 heavy (non-hydrogen) atoms. The van der Waals surface area contributed by atoms with Gasteiger partial charge in [0.1, 0.15) is 6.54 Å². The zero-order chi connectivity index (χ0) is 18.4. The van der Waals surface area contributed by atoms with Gasteiger partial charge in [-0.05, 0) is 42.6 Å². The van der Waals surface area contributed by atoms with E-state index in [-0.39, 0.29) is 12.5 Å². The van der Waals surface area contributed by atoms with Crippen LogP contribution >= 0.6 is 0 Å². The number of aromatic nitrogens is 4. The van der Waals surface area contributed by atoms with E-state index in [0.29, 0.717) is 12.4 Å². The Morgan fingerprint density at radius 3 is 2.73 bits per heavy atom. The van der Waals surface area contributed by atoms with Crippen molar-refractivity contribution in [3.05, 3.63) is 42.5 Å². The van der Waals surface area contributed by atoms with Crippen LogP contribution in [0.25, 0.3) is 11.4 Å². The zero-order valence-electron chi connectivity index (χ0n) is 15.3. The SMILES string of the molecule is C=CCNC(=O)Cn1nnc(-c2ccc(CN3CCC(C)CC3)cc2)n1. The van der Waals surface area contributed by atoms with Gasteiger partial charge in [0.15, 0.2) is 0 Å². The van der Waals surface area contributed by atoms with Gasteiger partial charge in [-0.25, -0.2) is 0 Å². The molecule has 1 saturated heterocycles. The van der Waals surface area contributed by atoms with Gasteiger partial charge in [-0.1, -0.05) is 37.3 Å². The molecular weight excluding hydrogens is 328 g/mol. The van der Waals surface area contributed by atoms with Gasteiger partial charge in [0.05, 0.1) is 0 Å². The van der Waals surface area contributed by atoms with E-state index in [1.807, 2.05) is 12.1 Å². The summed E-state index contributed by atoms with van der Waals surface area (Å²) in [7, 11) is 0. The van der Waals surface area contributed by atoms with Crippen LogP contribution in [0.2, 0.25) is 0 Å². The van der Waals surface area contributed by atoms with E-state index in [4.69, 9.17) is 0 Å². The van der Waals surface area contributed by atoms with Crippen LogP contribution in [0.3, 0.4) is 0 Å². The van der Waals surface area contributed by atoms with Gasteiger partial charge >= 0.3 is 0 Å². The van der Waals surface area contributed by atoms with Crippen molar-refractivity contribution in [3.63, 3.8) is 0 Å². The highest BCUT2D eigenvalue weighted by molar-refractivity contribution is 5.75. The van der Waals surface area contributed by atoms with Gasteiger partial charge in [-0.2, -0.15) is 4.80 Å². The Hall–Kier alpha value is -2.54. The van der Waals surface area contributed by atoms with Crippen molar-refractivity contribution in [3.8, 4) is 11.4 Å². The van der Waals surface area contributed by atoms with Crippen LogP contribution in [0.1, 0.15) is 25.3 Å². The first-order valence-corrected chi connectivity index (χ1v) is 9.11. The first-order valence-electron chi connectivity index (χ1n) is 9.11. The Bertz CT molecular complexity index is 731. The predicted molar refractivity (Wildman–Crippen MR) is 100 cm³/mol. The minimum absolute atomic E-state index is 0.0479. The lowest BCUT2D eigenvalue weighted by atomic mass is 9.99. The van der Waals surface area contributed by atoms with Crippen LogP contribution in [0, 0.1) is 5.92 Å². The second-order valence-corrected chi connectivity index (χ2v) is 6.89. The molecule has 1 amide bonds. The first-order chi connectivity index (χ1) is 12.6. The molecule has 1 N–H and O–H groups in total. The first kappa shape index (κ1) is 18.3. The van der Waals surface area contributed by atoms with Crippen LogP contribution in [-0.2, 0) is 17.9 Å². The molecule has 0 unspecified atom stereocenters. The third-order valence-electron chi connectivity index (χ3n) is 4.68. The monoisotopic (exact) mass is 354 g/mol. The minimum Gasteiger partial charge on any atom is -0.351 e. The molecule has 1 aliphatic heterocycles. The Kier molecular flexibility index (Phi) is 6.12. The fraction of sp³-hybridized carbons (Fsp3) is 0.474. The van der Waals surface area contributed by atoms with Crippen molar-refractivity contribution in [2.75, 3.05) is 19.6 Å². The molecule has 1 aromatic heterocycles. The molecule has 7 nitrogen and oxygen atoms in total. The summed E-state index contributed by atoms with van der Waals surface area (Å²) in [5.41, 5.74) is 2.19. The van der Waals surface area contributed by atoms with Crippen molar-refractivity contribution < 1.29 is 4.79 Å². The summed E-state index contributed by atoms with van der Waals surface area (Å²) in [4.78, 5) is 15.5. The molecule has 1 aromatic carbocycles. The number of nitrogens with one attached hydrogen (secondary N) is 1. The smallest absolute Gasteiger partial charge is 0.243 e. The fourth-order valence-electron chi connectivity index (χ4n) is 3.03. The van der Waals surface area contributed by atoms with Gasteiger partial charge in [0.25, 0.3) is 0 Å². The number of amides is 1. The van der Waals surface area contributed by atoms with Gasteiger partial charge in [-0.15, -0.1) is 16.8 Å².